The average Bonchev–Trinajstić information content (AvgIpc) is 2.90. The molecule has 1 fully saturated rings. The molecule has 6 heteroatoms. The van der Waals surface area contributed by atoms with Crippen molar-refractivity contribution in [3.8, 4) is 11.5 Å². The van der Waals surface area contributed by atoms with E-state index in [0.29, 0.717) is 23.3 Å². The predicted molar refractivity (Wildman–Crippen MR) is 64.5 cm³/mol. The van der Waals surface area contributed by atoms with Crippen LogP contribution in [-0.2, 0) is 0 Å². The Labute approximate surface area is 105 Å². The van der Waals surface area contributed by atoms with E-state index in [1.54, 1.807) is 18.6 Å². The number of nitrogens with zero attached hydrogens (tertiary/aromatic N) is 4. The lowest BCUT2D eigenvalue weighted by Crippen LogP contribution is -2.33. The van der Waals surface area contributed by atoms with Gasteiger partial charge in [-0.2, -0.15) is 4.98 Å². The third kappa shape index (κ3) is 2.11. The molecular formula is C12H15N5O. The second kappa shape index (κ2) is 4.81. The van der Waals surface area contributed by atoms with Gasteiger partial charge in [0.25, 0.3) is 0 Å². The highest BCUT2D eigenvalue weighted by atomic mass is 16.5. The second-order valence-electron chi connectivity index (χ2n) is 4.60. The Bertz CT molecular complexity index is 512. The van der Waals surface area contributed by atoms with Gasteiger partial charge in [0.15, 0.2) is 0 Å². The van der Waals surface area contributed by atoms with E-state index in [4.69, 9.17) is 4.52 Å². The summed E-state index contributed by atoms with van der Waals surface area (Å²) in [5, 5.41) is 7.39. The maximum atomic E-state index is 5.34. The summed E-state index contributed by atoms with van der Waals surface area (Å²) >= 11 is 0. The van der Waals surface area contributed by atoms with Crippen molar-refractivity contribution in [2.75, 3.05) is 6.54 Å². The monoisotopic (exact) mass is 245 g/mol. The molecule has 0 spiro atoms. The quantitative estimate of drug-likeness (QED) is 0.865. The van der Waals surface area contributed by atoms with Gasteiger partial charge in [0.1, 0.15) is 5.69 Å². The van der Waals surface area contributed by atoms with Gasteiger partial charge in [0.05, 0.1) is 12.2 Å². The molecule has 0 radical (unpaired) electrons. The molecule has 2 atom stereocenters. The first-order valence-corrected chi connectivity index (χ1v) is 6.18. The lowest BCUT2D eigenvalue weighted by molar-refractivity contribution is 0.239. The number of piperidine rings is 1. The molecule has 2 unspecified atom stereocenters. The van der Waals surface area contributed by atoms with Crippen LogP contribution in [0.1, 0.15) is 31.7 Å². The van der Waals surface area contributed by atoms with E-state index in [-0.39, 0.29) is 6.04 Å². The topological polar surface area (TPSA) is 76.7 Å². The average molecular weight is 245 g/mol. The van der Waals surface area contributed by atoms with Crippen molar-refractivity contribution in [3.63, 3.8) is 0 Å². The molecule has 3 rings (SSSR count). The third-order valence-corrected chi connectivity index (χ3v) is 3.27. The van der Waals surface area contributed by atoms with Gasteiger partial charge in [-0.1, -0.05) is 12.1 Å². The number of aromatic nitrogens is 4. The summed E-state index contributed by atoms with van der Waals surface area (Å²) in [6.45, 7) is 3.20. The van der Waals surface area contributed by atoms with Crippen molar-refractivity contribution < 1.29 is 4.52 Å². The highest BCUT2D eigenvalue weighted by Crippen LogP contribution is 2.28. The van der Waals surface area contributed by atoms with Gasteiger partial charge in [0, 0.05) is 12.4 Å². The first-order chi connectivity index (χ1) is 8.84. The van der Waals surface area contributed by atoms with Crippen LogP contribution in [-0.4, -0.2) is 26.7 Å². The summed E-state index contributed by atoms with van der Waals surface area (Å²) in [5.41, 5.74) is 0.635. The van der Waals surface area contributed by atoms with Crippen molar-refractivity contribution >= 4 is 0 Å². The number of rotatable bonds is 2. The lowest BCUT2D eigenvalue weighted by atomic mass is 9.93. The Kier molecular flexibility index (Phi) is 3.02. The zero-order valence-corrected chi connectivity index (χ0v) is 10.2. The second-order valence-corrected chi connectivity index (χ2v) is 4.60. The summed E-state index contributed by atoms with van der Waals surface area (Å²) in [4.78, 5) is 12.6. The van der Waals surface area contributed by atoms with E-state index >= 15 is 0 Å². The summed E-state index contributed by atoms with van der Waals surface area (Å²) in [6, 6.07) is 0.150. The van der Waals surface area contributed by atoms with Gasteiger partial charge in [-0.05, 0) is 25.3 Å². The maximum absolute atomic E-state index is 5.34. The SMILES string of the molecule is CC1CCCNC1c1nc(-c2cnccn2)no1. The van der Waals surface area contributed by atoms with Crippen LogP contribution >= 0.6 is 0 Å². The minimum absolute atomic E-state index is 0.150. The molecule has 1 saturated heterocycles. The fraction of sp³-hybridized carbons (Fsp3) is 0.500. The number of hydrogen-bond donors (Lipinski definition) is 1. The van der Waals surface area contributed by atoms with Crippen molar-refractivity contribution in [1.82, 2.24) is 25.4 Å². The van der Waals surface area contributed by atoms with Crippen LogP contribution in [0.4, 0.5) is 0 Å². The molecule has 0 amide bonds. The Morgan fingerprint density at radius 2 is 2.33 bits per heavy atom. The molecule has 1 aliphatic heterocycles. The Hall–Kier alpha value is -1.82. The standard InChI is InChI=1S/C12H15N5O/c1-8-3-2-4-15-10(8)12-16-11(17-18-12)9-7-13-5-6-14-9/h5-8,10,15H,2-4H2,1H3. The molecule has 0 bridgehead atoms. The summed E-state index contributed by atoms with van der Waals surface area (Å²) in [5.74, 6) is 1.65. The molecule has 94 valence electrons. The molecule has 1 N–H and O–H groups in total. The van der Waals surface area contributed by atoms with Crippen LogP contribution in [0.3, 0.4) is 0 Å². The molecule has 0 aromatic carbocycles. The van der Waals surface area contributed by atoms with Gasteiger partial charge >= 0.3 is 0 Å². The first kappa shape index (κ1) is 11.3. The van der Waals surface area contributed by atoms with Crippen LogP contribution in [0, 0.1) is 5.92 Å². The summed E-state index contributed by atoms with van der Waals surface area (Å²) < 4.78 is 5.34. The van der Waals surface area contributed by atoms with E-state index in [9.17, 15) is 0 Å². The fourth-order valence-corrected chi connectivity index (χ4v) is 2.26. The number of nitrogens with one attached hydrogen (secondary N) is 1. The largest absolute Gasteiger partial charge is 0.337 e. The van der Waals surface area contributed by atoms with Crippen LogP contribution in [0.15, 0.2) is 23.1 Å². The molecule has 18 heavy (non-hydrogen) atoms. The van der Waals surface area contributed by atoms with Crippen molar-refractivity contribution in [3.05, 3.63) is 24.5 Å². The minimum atomic E-state index is 0.150. The first-order valence-electron chi connectivity index (χ1n) is 6.18. The molecule has 2 aromatic heterocycles. The Balaban J connectivity index is 1.85. The molecule has 0 saturated carbocycles. The van der Waals surface area contributed by atoms with Crippen molar-refractivity contribution in [1.29, 1.82) is 0 Å². The zero-order chi connectivity index (χ0) is 12.4. The normalized spacial score (nSPS) is 24.1. The molecule has 0 aliphatic carbocycles. The van der Waals surface area contributed by atoms with Crippen LogP contribution < -0.4 is 5.32 Å². The van der Waals surface area contributed by atoms with E-state index in [1.807, 2.05) is 0 Å². The number of hydrogen-bond acceptors (Lipinski definition) is 6. The highest BCUT2D eigenvalue weighted by Gasteiger charge is 2.27. The van der Waals surface area contributed by atoms with Gasteiger partial charge in [0.2, 0.25) is 11.7 Å². The van der Waals surface area contributed by atoms with Gasteiger partial charge in [-0.3, -0.25) is 4.98 Å². The molecule has 6 nitrogen and oxygen atoms in total. The molecular weight excluding hydrogens is 230 g/mol. The van der Waals surface area contributed by atoms with E-state index in [1.165, 1.54) is 12.8 Å². The zero-order valence-electron chi connectivity index (χ0n) is 10.2. The summed E-state index contributed by atoms with van der Waals surface area (Å²) in [7, 11) is 0. The van der Waals surface area contributed by atoms with Crippen molar-refractivity contribution in [2.45, 2.75) is 25.8 Å². The summed E-state index contributed by atoms with van der Waals surface area (Å²) in [6.07, 6.45) is 7.25. The molecule has 3 heterocycles. The van der Waals surface area contributed by atoms with Crippen LogP contribution in [0.2, 0.25) is 0 Å². The molecule has 2 aromatic rings. The van der Waals surface area contributed by atoms with Crippen LogP contribution in [0.5, 0.6) is 0 Å². The van der Waals surface area contributed by atoms with E-state index in [0.717, 1.165) is 6.54 Å². The van der Waals surface area contributed by atoms with Gasteiger partial charge in [-0.15, -0.1) is 0 Å². The van der Waals surface area contributed by atoms with E-state index < -0.39 is 0 Å². The van der Waals surface area contributed by atoms with Gasteiger partial charge < -0.3 is 9.84 Å². The third-order valence-electron chi connectivity index (χ3n) is 3.27. The smallest absolute Gasteiger partial charge is 0.244 e. The van der Waals surface area contributed by atoms with E-state index in [2.05, 4.69) is 32.3 Å². The molecule has 1 aliphatic rings. The lowest BCUT2D eigenvalue weighted by Gasteiger charge is -2.26. The Morgan fingerprint density at radius 3 is 3.11 bits per heavy atom. The fourth-order valence-electron chi connectivity index (χ4n) is 2.26. The Morgan fingerprint density at radius 1 is 1.39 bits per heavy atom. The van der Waals surface area contributed by atoms with Gasteiger partial charge in [-0.25, -0.2) is 4.98 Å². The van der Waals surface area contributed by atoms with Crippen molar-refractivity contribution in [2.24, 2.45) is 5.92 Å². The minimum Gasteiger partial charge on any atom is -0.337 e. The van der Waals surface area contributed by atoms with Crippen LogP contribution in [0.25, 0.3) is 11.5 Å². The maximum Gasteiger partial charge on any atom is 0.244 e. The predicted octanol–water partition coefficient (Wildman–Crippen LogP) is 1.59. The highest BCUT2D eigenvalue weighted by molar-refractivity contribution is 5.45.